The van der Waals surface area contributed by atoms with Crippen LogP contribution >= 0.6 is 0 Å². The van der Waals surface area contributed by atoms with Gasteiger partial charge in [0.15, 0.2) is 0 Å². The lowest BCUT2D eigenvalue weighted by atomic mass is 9.89. The Morgan fingerprint density at radius 2 is 1.76 bits per heavy atom. The van der Waals surface area contributed by atoms with Crippen LogP contribution in [0.1, 0.15) is 49.5 Å². The highest BCUT2D eigenvalue weighted by molar-refractivity contribution is 6.28. The fourth-order valence-corrected chi connectivity index (χ4v) is 3.92. The smallest absolute Gasteiger partial charge is 0.266 e. The number of carbonyl (C=O) groups is 2. The Morgan fingerprint density at radius 1 is 1.07 bits per heavy atom. The quantitative estimate of drug-likeness (QED) is 0.579. The molecule has 0 spiro atoms. The highest BCUT2D eigenvalue weighted by Crippen LogP contribution is 2.30. The fraction of sp³-hybridized carbons (Fsp3) is 0.391. The molecular formula is C23H29N4O2+. The van der Waals surface area contributed by atoms with E-state index < -0.39 is 5.92 Å². The van der Waals surface area contributed by atoms with Crippen molar-refractivity contribution in [2.24, 2.45) is 4.99 Å². The molecule has 3 rings (SSSR count). The third-order valence-corrected chi connectivity index (χ3v) is 5.36. The molecule has 152 valence electrons. The first-order valence-electron chi connectivity index (χ1n) is 10.2. The zero-order chi connectivity index (χ0) is 21.0. The standard InChI is InChI=1S/C23H28N4O2/c1-16(2)26(17(3)4)14-13-24-15-20-18-9-5-6-10-19(18)22(28)27(23(20)29)21-11-7-8-12-25-21/h5-12,15-17,20H,13-14H2,1-4H3/p+1. The molecule has 29 heavy (non-hydrogen) atoms. The molecule has 0 radical (unpaired) electrons. The van der Waals surface area contributed by atoms with E-state index in [2.05, 4.69) is 37.7 Å². The van der Waals surface area contributed by atoms with E-state index in [4.69, 9.17) is 0 Å². The maximum absolute atomic E-state index is 13.2. The molecule has 6 heteroatoms. The molecule has 0 fully saturated rings. The first-order chi connectivity index (χ1) is 13.9. The van der Waals surface area contributed by atoms with E-state index in [0.29, 0.717) is 35.6 Å². The molecule has 0 saturated heterocycles. The largest absolute Gasteiger partial charge is 0.329 e. The average Bonchev–Trinajstić information content (AvgIpc) is 2.70. The van der Waals surface area contributed by atoms with Crippen LogP contribution in [-0.4, -0.2) is 48.2 Å². The molecule has 1 N–H and O–H groups in total. The van der Waals surface area contributed by atoms with E-state index in [0.717, 1.165) is 6.54 Å². The van der Waals surface area contributed by atoms with E-state index in [9.17, 15) is 9.59 Å². The van der Waals surface area contributed by atoms with Crippen molar-refractivity contribution < 1.29 is 14.5 Å². The van der Waals surface area contributed by atoms with Crippen molar-refractivity contribution in [3.8, 4) is 0 Å². The van der Waals surface area contributed by atoms with Crippen molar-refractivity contribution in [2.45, 2.75) is 45.7 Å². The number of hydrogen-bond donors (Lipinski definition) is 1. The first kappa shape index (κ1) is 20.9. The lowest BCUT2D eigenvalue weighted by molar-refractivity contribution is -0.940. The Hall–Kier alpha value is -2.86. The summed E-state index contributed by atoms with van der Waals surface area (Å²) in [6.07, 6.45) is 3.27. The molecule has 0 bridgehead atoms. The minimum absolute atomic E-state index is 0.312. The van der Waals surface area contributed by atoms with Crippen LogP contribution in [0.3, 0.4) is 0 Å². The monoisotopic (exact) mass is 393 g/mol. The van der Waals surface area contributed by atoms with Crippen LogP contribution in [0.5, 0.6) is 0 Å². The normalized spacial score (nSPS) is 17.1. The van der Waals surface area contributed by atoms with E-state index in [-0.39, 0.29) is 11.8 Å². The van der Waals surface area contributed by atoms with Gasteiger partial charge >= 0.3 is 0 Å². The number of carbonyl (C=O) groups excluding carboxylic acids is 2. The highest BCUT2D eigenvalue weighted by Gasteiger charge is 2.39. The second-order valence-corrected chi connectivity index (χ2v) is 7.92. The molecule has 1 aliphatic heterocycles. The number of nitrogens with zero attached hydrogens (tertiary/aromatic N) is 3. The van der Waals surface area contributed by atoms with Crippen molar-refractivity contribution in [2.75, 3.05) is 18.0 Å². The highest BCUT2D eigenvalue weighted by atomic mass is 16.2. The molecule has 2 aromatic rings. The van der Waals surface area contributed by atoms with Gasteiger partial charge in [0.1, 0.15) is 5.82 Å². The number of fused-ring (bicyclic) bond motifs is 1. The van der Waals surface area contributed by atoms with Crippen molar-refractivity contribution in [3.05, 3.63) is 59.8 Å². The second-order valence-electron chi connectivity index (χ2n) is 7.92. The third-order valence-electron chi connectivity index (χ3n) is 5.36. The molecule has 1 aliphatic rings. The molecule has 2 amide bonds. The van der Waals surface area contributed by atoms with Crippen LogP contribution in [0, 0.1) is 0 Å². The summed E-state index contributed by atoms with van der Waals surface area (Å²) in [6.45, 7) is 10.4. The number of nitrogens with one attached hydrogen (secondary N) is 1. The van der Waals surface area contributed by atoms with Gasteiger partial charge in [0.2, 0.25) is 5.91 Å². The van der Waals surface area contributed by atoms with Gasteiger partial charge in [-0.15, -0.1) is 0 Å². The number of hydrogen-bond acceptors (Lipinski definition) is 4. The van der Waals surface area contributed by atoms with Crippen molar-refractivity contribution >= 4 is 23.8 Å². The van der Waals surface area contributed by atoms with E-state index in [1.165, 1.54) is 9.80 Å². The average molecular weight is 394 g/mol. The van der Waals surface area contributed by atoms with Crippen molar-refractivity contribution in [1.29, 1.82) is 0 Å². The van der Waals surface area contributed by atoms with Crippen LogP contribution in [0.4, 0.5) is 5.82 Å². The Balaban J connectivity index is 1.86. The molecule has 0 saturated carbocycles. The van der Waals surface area contributed by atoms with Crippen molar-refractivity contribution in [1.82, 2.24) is 4.98 Å². The summed E-state index contributed by atoms with van der Waals surface area (Å²) >= 11 is 0. The van der Waals surface area contributed by atoms with Gasteiger partial charge in [-0.25, -0.2) is 9.88 Å². The number of imide groups is 1. The predicted octanol–water partition coefficient (Wildman–Crippen LogP) is 2.12. The van der Waals surface area contributed by atoms with E-state index in [1.54, 1.807) is 36.7 Å². The Labute approximate surface area is 172 Å². The zero-order valence-corrected chi connectivity index (χ0v) is 17.5. The molecule has 2 heterocycles. The number of quaternary nitrogens is 1. The number of rotatable bonds is 7. The number of pyridine rings is 1. The number of aromatic nitrogens is 1. The van der Waals surface area contributed by atoms with Gasteiger partial charge in [-0.1, -0.05) is 24.3 Å². The summed E-state index contributed by atoms with van der Waals surface area (Å²) in [5.41, 5.74) is 1.22. The minimum Gasteiger partial charge on any atom is -0.329 e. The van der Waals surface area contributed by atoms with Crippen LogP contribution in [0.15, 0.2) is 53.7 Å². The molecule has 1 aromatic carbocycles. The molecule has 1 atom stereocenters. The summed E-state index contributed by atoms with van der Waals surface area (Å²) in [6, 6.07) is 13.5. The van der Waals surface area contributed by atoms with Gasteiger partial charge in [-0.05, 0) is 51.5 Å². The fourth-order valence-electron chi connectivity index (χ4n) is 3.92. The predicted molar refractivity (Wildman–Crippen MR) is 115 cm³/mol. The maximum Gasteiger partial charge on any atom is 0.266 e. The summed E-state index contributed by atoms with van der Waals surface area (Å²) in [5, 5.41) is 0. The lowest BCUT2D eigenvalue weighted by Crippen LogP contribution is -3.18. The topological polar surface area (TPSA) is 67.1 Å². The Bertz CT molecular complexity index is 885. The van der Waals surface area contributed by atoms with Gasteiger partial charge in [0.25, 0.3) is 5.91 Å². The number of benzene rings is 1. The number of aliphatic imine (C=N–C) groups is 1. The van der Waals surface area contributed by atoms with Crippen LogP contribution in [0.25, 0.3) is 0 Å². The molecule has 0 aliphatic carbocycles. The van der Waals surface area contributed by atoms with Crippen LogP contribution in [0.2, 0.25) is 0 Å². The molecular weight excluding hydrogens is 364 g/mol. The lowest BCUT2D eigenvalue weighted by Gasteiger charge is -2.30. The van der Waals surface area contributed by atoms with Gasteiger partial charge in [-0.3, -0.25) is 14.6 Å². The molecule has 1 unspecified atom stereocenters. The van der Waals surface area contributed by atoms with E-state index in [1.807, 2.05) is 18.2 Å². The second kappa shape index (κ2) is 9.09. The van der Waals surface area contributed by atoms with Gasteiger partial charge < -0.3 is 4.90 Å². The molecule has 6 nitrogen and oxygen atoms in total. The third kappa shape index (κ3) is 4.43. The summed E-state index contributed by atoms with van der Waals surface area (Å²) in [5.74, 6) is -0.907. The number of amides is 2. The molecule has 1 aromatic heterocycles. The van der Waals surface area contributed by atoms with Gasteiger partial charge in [-0.2, -0.15) is 0 Å². The summed E-state index contributed by atoms with van der Waals surface area (Å²) in [4.78, 5) is 37.6. The van der Waals surface area contributed by atoms with Gasteiger partial charge in [0.05, 0.1) is 31.1 Å². The zero-order valence-electron chi connectivity index (χ0n) is 17.5. The summed E-state index contributed by atoms with van der Waals surface area (Å²) < 4.78 is 0. The van der Waals surface area contributed by atoms with Crippen LogP contribution in [-0.2, 0) is 4.79 Å². The summed E-state index contributed by atoms with van der Waals surface area (Å²) in [7, 11) is 0. The van der Waals surface area contributed by atoms with Crippen molar-refractivity contribution in [3.63, 3.8) is 0 Å². The number of anilines is 1. The first-order valence-corrected chi connectivity index (χ1v) is 10.2. The Morgan fingerprint density at radius 3 is 2.41 bits per heavy atom. The maximum atomic E-state index is 13.2. The van der Waals surface area contributed by atoms with Crippen LogP contribution < -0.4 is 9.80 Å². The van der Waals surface area contributed by atoms with E-state index >= 15 is 0 Å². The van der Waals surface area contributed by atoms with Gasteiger partial charge in [0, 0.05) is 18.0 Å². The minimum atomic E-state index is -0.590. The SMILES string of the molecule is CC(C)[NH+](CCN=CC1C(=O)N(c2ccccn2)C(=O)c2ccccc21)C(C)C. The Kier molecular flexibility index (Phi) is 6.54.